The van der Waals surface area contributed by atoms with Crippen LogP contribution in [0.4, 0.5) is 65.9 Å². The maximum absolute atomic E-state index is 13.5. The molecule has 12 aromatic carbocycles. The molecule has 0 spiro atoms. The first kappa shape index (κ1) is 81.6. The van der Waals surface area contributed by atoms with Gasteiger partial charge in [-0.15, -0.1) is 86.1 Å². The number of thiophene rings is 3. The molecular formula is C84H42F15Ir3N6O3S3-3. The van der Waals surface area contributed by atoms with Gasteiger partial charge in [-0.3, -0.25) is 0 Å². The molecule has 9 nitrogen and oxygen atoms in total. The van der Waals surface area contributed by atoms with Crippen molar-refractivity contribution in [1.82, 2.24) is 30.6 Å². The molecule has 0 aliphatic heterocycles. The van der Waals surface area contributed by atoms with E-state index in [4.69, 9.17) is 14.2 Å². The summed E-state index contributed by atoms with van der Waals surface area (Å²) in [6, 6.07) is 73.1. The van der Waals surface area contributed by atoms with Crippen LogP contribution >= 0.6 is 34.0 Å². The summed E-state index contributed by atoms with van der Waals surface area (Å²) in [5.74, 6) is -1.22. The van der Waals surface area contributed by atoms with Gasteiger partial charge in [-0.05, 0) is 156 Å². The number of hydrogen-bond acceptors (Lipinski definition) is 12. The first-order valence-corrected chi connectivity index (χ1v) is 35.6. The predicted octanol–water partition coefficient (Wildman–Crippen LogP) is 27.2. The minimum atomic E-state index is -5.24. The van der Waals surface area contributed by atoms with Crippen molar-refractivity contribution in [3.63, 3.8) is 0 Å². The second-order valence-corrected chi connectivity index (χ2v) is 28.3. The molecule has 0 unspecified atom stereocenters. The molecule has 0 aliphatic carbocycles. The molecule has 0 atom stereocenters. The van der Waals surface area contributed by atoms with E-state index in [1.807, 2.05) is 170 Å². The SMILES string of the molecule is Cc1ccc(C(F)(F)F)cc1Oc1nnc(-c2[c-]c3ccccc3s2)c2cc3ccccc3cc12.FC(F)(F)c1cc(Oc2nnc(-c3[c-]c4ccccc4s3)c3cc4ccccc4cc23)cc(C(F)(F)F)c1.FC(F)(F)c1ccc(Oc2nnc(-c3[c-]c4ccccc4s3)c3cc4ccccc4cc23)cc1C(F)(F)F.[Ir].[Ir].[Ir]. The minimum absolute atomic E-state index is 0. The Labute approximate surface area is 687 Å². The van der Waals surface area contributed by atoms with Gasteiger partial charge in [-0.25, -0.2) is 34.0 Å². The zero-order valence-electron chi connectivity index (χ0n) is 57.3. The van der Waals surface area contributed by atoms with Crippen molar-refractivity contribution in [1.29, 1.82) is 0 Å². The Hall–Kier alpha value is -10.4. The molecule has 0 amide bonds. The van der Waals surface area contributed by atoms with Crippen LogP contribution in [-0.4, -0.2) is 30.6 Å². The standard InChI is InChI=1S/2C28H13F6N2OS.C28H16F3N2OS.3Ir/c29-27(30,31)18-12-19(28(32,33)34)14-20(13-18)37-26-22-10-16-6-2-1-5-15(16)9-21(22)25(35-36-26)24-11-17-7-3-4-8-23(17)38-24;29-27(30,31)21-10-9-18(14-22(21)28(32,33)34)37-26-20-12-16-6-2-1-5-15(16)11-19(20)25(35-36-26)24-13-17-7-3-4-8-23(17)38-24;1-16-10-11-20(28(29,30)31)15-23(16)34-27-22-13-18-7-3-2-6-17(18)12-21(22)26(32-33-27)25-14-19-8-4-5-9-24(19)35-25;;;/h1-10,12-14H;1-12,14H;2-13,15H,1H3;;;/q3*-1;;;. The van der Waals surface area contributed by atoms with Gasteiger partial charge in [0.05, 0.1) is 27.8 Å². The normalized spacial score (nSPS) is 12.0. The molecule has 6 heterocycles. The molecule has 0 saturated carbocycles. The molecular weight excluding hydrogens is 2100 g/mol. The number of ether oxygens (including phenoxy) is 3. The van der Waals surface area contributed by atoms with Gasteiger partial charge in [0, 0.05) is 93.6 Å². The van der Waals surface area contributed by atoms with Crippen LogP contribution in [0.5, 0.6) is 34.9 Å². The number of aromatic nitrogens is 6. The summed E-state index contributed by atoms with van der Waals surface area (Å²) in [6.45, 7) is 1.70. The molecule has 579 valence electrons. The summed E-state index contributed by atoms with van der Waals surface area (Å²) in [4.78, 5) is 2.23. The van der Waals surface area contributed by atoms with Crippen molar-refractivity contribution in [3.8, 4) is 66.6 Å². The van der Waals surface area contributed by atoms with Crippen molar-refractivity contribution in [3.05, 3.63) is 288 Å². The number of hydrogen-bond donors (Lipinski definition) is 0. The number of nitrogens with zero attached hydrogens (tertiary/aromatic N) is 6. The van der Waals surface area contributed by atoms with Crippen LogP contribution < -0.4 is 14.2 Å². The number of alkyl halides is 15. The number of aryl methyl sites for hydroxylation is 1. The zero-order valence-corrected chi connectivity index (χ0v) is 67.0. The second-order valence-electron chi connectivity index (χ2n) is 25.2. The number of halogens is 15. The van der Waals surface area contributed by atoms with Gasteiger partial charge in [0.15, 0.2) is 0 Å². The van der Waals surface area contributed by atoms with Gasteiger partial charge >= 0.3 is 30.9 Å². The zero-order chi connectivity index (χ0) is 77.5. The minimum Gasteiger partial charge on any atom is -0.437 e. The summed E-state index contributed by atoms with van der Waals surface area (Å²) in [6.07, 6.45) is -24.9. The molecule has 30 heteroatoms. The van der Waals surface area contributed by atoms with Crippen LogP contribution in [0.3, 0.4) is 0 Å². The molecule has 3 radical (unpaired) electrons. The quantitative estimate of drug-likeness (QED) is 0.0794. The van der Waals surface area contributed by atoms with Gasteiger partial charge in [0.1, 0.15) is 17.2 Å². The fourth-order valence-electron chi connectivity index (χ4n) is 12.5. The molecule has 0 saturated heterocycles. The van der Waals surface area contributed by atoms with E-state index in [9.17, 15) is 65.9 Å². The van der Waals surface area contributed by atoms with E-state index in [2.05, 4.69) is 48.8 Å². The van der Waals surface area contributed by atoms with E-state index in [1.165, 1.54) is 28.7 Å². The summed E-state index contributed by atoms with van der Waals surface area (Å²) < 4.78 is 220. The van der Waals surface area contributed by atoms with Gasteiger partial charge in [-0.1, -0.05) is 133 Å². The first-order chi connectivity index (χ1) is 53.0. The third-order valence-electron chi connectivity index (χ3n) is 17.8. The molecule has 18 rings (SSSR count). The Balaban J connectivity index is 0.000000147. The smallest absolute Gasteiger partial charge is 0.417 e. The van der Waals surface area contributed by atoms with E-state index in [0.29, 0.717) is 83.6 Å². The predicted molar refractivity (Wildman–Crippen MR) is 399 cm³/mol. The Morgan fingerprint density at radius 2 is 0.605 bits per heavy atom. The van der Waals surface area contributed by atoms with Crippen molar-refractivity contribution in [2.24, 2.45) is 0 Å². The molecule has 18 aromatic rings. The molecule has 114 heavy (non-hydrogen) atoms. The average molecular weight is 2140 g/mol. The largest absolute Gasteiger partial charge is 0.437 e. The third kappa shape index (κ3) is 16.9. The van der Waals surface area contributed by atoms with E-state index in [1.54, 1.807) is 30.4 Å². The average Bonchev–Trinajstić information content (AvgIpc) is 0.803. The number of rotatable bonds is 9. The van der Waals surface area contributed by atoms with Crippen molar-refractivity contribution in [2.45, 2.75) is 37.8 Å². The Kier molecular flexibility index (Phi) is 23.0. The van der Waals surface area contributed by atoms with Crippen LogP contribution in [0.25, 0.3) is 127 Å². The van der Waals surface area contributed by atoms with Crippen LogP contribution in [0.1, 0.15) is 33.4 Å². The summed E-state index contributed by atoms with van der Waals surface area (Å²) in [5, 5.41) is 37.1. The summed E-state index contributed by atoms with van der Waals surface area (Å²) in [7, 11) is 0. The van der Waals surface area contributed by atoms with Gasteiger partial charge in [0.2, 0.25) is 17.6 Å². The van der Waals surface area contributed by atoms with Crippen molar-refractivity contribution >= 4 is 129 Å². The van der Waals surface area contributed by atoms with E-state index in [0.717, 1.165) is 91.0 Å². The summed E-state index contributed by atoms with van der Waals surface area (Å²) >= 11 is 4.46. The monoisotopic (exact) mass is 2140 g/mol. The Morgan fingerprint density at radius 1 is 0.281 bits per heavy atom. The van der Waals surface area contributed by atoms with Crippen LogP contribution in [-0.2, 0) is 91.2 Å². The fraction of sp³-hybridized carbons (Fsp3) is 0.0714. The maximum atomic E-state index is 13.5. The molecule has 0 fully saturated rings. The Bertz CT molecular complexity index is 6580. The second kappa shape index (κ2) is 32.1. The number of benzene rings is 12. The third-order valence-corrected chi connectivity index (χ3v) is 21.1. The first-order valence-electron chi connectivity index (χ1n) is 33.1. The van der Waals surface area contributed by atoms with Crippen LogP contribution in [0, 0.1) is 25.1 Å². The van der Waals surface area contributed by atoms with E-state index >= 15 is 0 Å². The fourth-order valence-corrected chi connectivity index (χ4v) is 15.5. The number of fused-ring (bicyclic) bond motifs is 9. The van der Waals surface area contributed by atoms with Crippen LogP contribution in [0.15, 0.2) is 237 Å². The molecule has 0 bridgehead atoms. The van der Waals surface area contributed by atoms with Crippen LogP contribution in [0.2, 0.25) is 0 Å². The maximum Gasteiger partial charge on any atom is 0.417 e. The van der Waals surface area contributed by atoms with E-state index in [-0.39, 0.29) is 89.8 Å². The van der Waals surface area contributed by atoms with E-state index < -0.39 is 70.2 Å². The molecule has 6 aromatic heterocycles. The van der Waals surface area contributed by atoms with Crippen molar-refractivity contribution < 1.29 is 140 Å². The topological polar surface area (TPSA) is 105 Å². The molecule has 0 N–H and O–H groups in total. The van der Waals surface area contributed by atoms with Crippen molar-refractivity contribution in [2.75, 3.05) is 0 Å². The summed E-state index contributed by atoms with van der Waals surface area (Å²) in [5.41, 5.74) is -5.20. The van der Waals surface area contributed by atoms with Gasteiger partial charge in [0.25, 0.3) is 0 Å². The van der Waals surface area contributed by atoms with Gasteiger partial charge < -0.3 is 14.2 Å². The van der Waals surface area contributed by atoms with Gasteiger partial charge in [-0.2, -0.15) is 81.2 Å². The Morgan fingerprint density at radius 3 is 0.947 bits per heavy atom. The molecule has 0 aliphatic rings.